The highest BCUT2D eigenvalue weighted by atomic mass is 19.4. The number of benzene rings is 1. The molecule has 1 rings (SSSR count). The van der Waals surface area contributed by atoms with Gasteiger partial charge in [0.2, 0.25) is 0 Å². The number of nitrogens with one attached hydrogen (secondary N) is 1. The molecule has 2 nitrogen and oxygen atoms in total. The maximum absolute atomic E-state index is 13.6. The van der Waals surface area contributed by atoms with Crippen molar-refractivity contribution in [3.8, 4) is 0 Å². The summed E-state index contributed by atoms with van der Waals surface area (Å²) in [5.74, 6) is -0.622. The number of ether oxygens (including phenoxy) is 1. The molecule has 0 aliphatic heterocycles. The van der Waals surface area contributed by atoms with E-state index in [1.807, 2.05) is 13.8 Å². The van der Waals surface area contributed by atoms with Gasteiger partial charge in [-0.05, 0) is 24.1 Å². The van der Waals surface area contributed by atoms with Crippen LogP contribution in [-0.4, -0.2) is 19.8 Å². The quantitative estimate of drug-likeness (QED) is 0.825. The summed E-state index contributed by atoms with van der Waals surface area (Å²) in [4.78, 5) is 0. The van der Waals surface area contributed by atoms with Crippen LogP contribution in [0.4, 0.5) is 23.2 Å². The van der Waals surface area contributed by atoms with Crippen LogP contribution in [0.1, 0.15) is 19.4 Å². The van der Waals surface area contributed by atoms with Gasteiger partial charge in [0.05, 0.1) is 23.9 Å². The predicted octanol–water partition coefficient (Wildman–Crippen LogP) is 3.93. The van der Waals surface area contributed by atoms with E-state index in [-0.39, 0.29) is 24.3 Å². The summed E-state index contributed by atoms with van der Waals surface area (Å²) in [5.41, 5.74) is -1.04. The Balaban J connectivity index is 2.99. The Morgan fingerprint density at radius 2 is 1.89 bits per heavy atom. The third kappa shape index (κ3) is 4.38. The molecule has 0 heterocycles. The summed E-state index contributed by atoms with van der Waals surface area (Å²) in [5, 5.41) is 2.76. The third-order valence-electron chi connectivity index (χ3n) is 2.79. The molecule has 1 aromatic carbocycles. The van der Waals surface area contributed by atoms with Crippen LogP contribution >= 0.6 is 0 Å². The van der Waals surface area contributed by atoms with Crippen LogP contribution in [0.25, 0.3) is 0 Å². The first-order valence-corrected chi connectivity index (χ1v) is 5.88. The molecule has 0 spiro atoms. The Labute approximate surface area is 109 Å². The Kier molecular flexibility index (Phi) is 5.17. The van der Waals surface area contributed by atoms with Crippen molar-refractivity contribution in [1.29, 1.82) is 0 Å². The number of methoxy groups -OCH3 is 1. The molecule has 0 fully saturated rings. The Morgan fingerprint density at radius 3 is 2.37 bits per heavy atom. The fourth-order valence-corrected chi connectivity index (χ4v) is 1.59. The molecule has 0 aliphatic carbocycles. The van der Waals surface area contributed by atoms with Gasteiger partial charge in [-0.2, -0.15) is 13.2 Å². The zero-order valence-corrected chi connectivity index (χ0v) is 11.0. The lowest BCUT2D eigenvalue weighted by atomic mass is 10.0. The van der Waals surface area contributed by atoms with E-state index in [4.69, 9.17) is 4.74 Å². The van der Waals surface area contributed by atoms with E-state index < -0.39 is 17.6 Å². The smallest absolute Gasteiger partial charge is 0.383 e. The van der Waals surface area contributed by atoms with Crippen molar-refractivity contribution in [2.24, 2.45) is 5.92 Å². The first kappa shape index (κ1) is 15.8. The molecule has 0 aliphatic rings. The van der Waals surface area contributed by atoms with Crippen LogP contribution in [0.15, 0.2) is 18.2 Å². The van der Waals surface area contributed by atoms with Crippen LogP contribution in [0.2, 0.25) is 0 Å². The van der Waals surface area contributed by atoms with Crippen LogP contribution in [0, 0.1) is 11.7 Å². The number of alkyl halides is 3. The number of halogens is 4. The van der Waals surface area contributed by atoms with E-state index in [0.717, 1.165) is 18.2 Å². The SMILES string of the molecule is COCC(Nc1cc(C(F)(F)F)ccc1F)C(C)C. The minimum absolute atomic E-state index is 0.0916. The molecule has 0 aromatic heterocycles. The summed E-state index contributed by atoms with van der Waals surface area (Å²) in [7, 11) is 1.49. The minimum Gasteiger partial charge on any atom is -0.383 e. The van der Waals surface area contributed by atoms with Crippen molar-refractivity contribution in [2.45, 2.75) is 26.1 Å². The topological polar surface area (TPSA) is 21.3 Å². The van der Waals surface area contributed by atoms with Gasteiger partial charge in [0.15, 0.2) is 0 Å². The zero-order valence-electron chi connectivity index (χ0n) is 11.0. The Hall–Kier alpha value is -1.30. The normalized spacial score (nSPS) is 13.7. The van der Waals surface area contributed by atoms with Gasteiger partial charge >= 0.3 is 6.18 Å². The number of hydrogen-bond donors (Lipinski definition) is 1. The molecule has 19 heavy (non-hydrogen) atoms. The highest BCUT2D eigenvalue weighted by Gasteiger charge is 2.31. The molecule has 0 bridgehead atoms. The molecule has 6 heteroatoms. The molecule has 108 valence electrons. The van der Waals surface area contributed by atoms with Gasteiger partial charge in [-0.15, -0.1) is 0 Å². The van der Waals surface area contributed by atoms with Gasteiger partial charge in [0.1, 0.15) is 5.82 Å². The summed E-state index contributed by atoms with van der Waals surface area (Å²) in [6, 6.07) is 2.06. The molecule has 1 N–H and O–H groups in total. The molecular weight excluding hydrogens is 262 g/mol. The van der Waals surface area contributed by atoms with E-state index in [2.05, 4.69) is 5.32 Å². The maximum Gasteiger partial charge on any atom is 0.416 e. The second-order valence-electron chi connectivity index (χ2n) is 4.64. The Morgan fingerprint density at radius 1 is 1.26 bits per heavy atom. The van der Waals surface area contributed by atoms with Crippen LogP contribution < -0.4 is 5.32 Å². The van der Waals surface area contributed by atoms with E-state index in [1.165, 1.54) is 7.11 Å². The molecule has 1 aromatic rings. The van der Waals surface area contributed by atoms with Crippen LogP contribution in [0.5, 0.6) is 0 Å². The predicted molar refractivity (Wildman–Crippen MR) is 65.5 cm³/mol. The third-order valence-corrected chi connectivity index (χ3v) is 2.79. The number of rotatable bonds is 5. The largest absolute Gasteiger partial charge is 0.416 e. The van der Waals surface area contributed by atoms with Gasteiger partial charge < -0.3 is 10.1 Å². The summed E-state index contributed by atoms with van der Waals surface area (Å²) < 4.78 is 56.2. The lowest BCUT2D eigenvalue weighted by Crippen LogP contribution is -2.31. The van der Waals surface area contributed by atoms with Crippen molar-refractivity contribution in [1.82, 2.24) is 0 Å². The fraction of sp³-hybridized carbons (Fsp3) is 0.538. The highest BCUT2D eigenvalue weighted by Crippen LogP contribution is 2.32. The standard InChI is InChI=1S/C13H17F4NO/c1-8(2)12(7-19-3)18-11-6-9(13(15,16)17)4-5-10(11)14/h4-6,8,12,18H,7H2,1-3H3. The van der Waals surface area contributed by atoms with Crippen LogP contribution in [-0.2, 0) is 10.9 Å². The Bertz CT molecular complexity index is 418. The molecular formula is C13H17F4NO. The van der Waals surface area contributed by atoms with Crippen molar-refractivity contribution in [3.63, 3.8) is 0 Å². The average molecular weight is 279 g/mol. The van der Waals surface area contributed by atoms with Gasteiger partial charge in [0, 0.05) is 7.11 Å². The van der Waals surface area contributed by atoms with E-state index in [1.54, 1.807) is 0 Å². The maximum atomic E-state index is 13.6. The average Bonchev–Trinajstić information content (AvgIpc) is 2.29. The molecule has 0 saturated carbocycles. The summed E-state index contributed by atoms with van der Waals surface area (Å²) in [6.07, 6.45) is -4.49. The first-order valence-electron chi connectivity index (χ1n) is 5.88. The molecule has 0 amide bonds. The monoisotopic (exact) mass is 279 g/mol. The van der Waals surface area contributed by atoms with Crippen LogP contribution in [0.3, 0.4) is 0 Å². The van der Waals surface area contributed by atoms with Crippen molar-refractivity contribution in [3.05, 3.63) is 29.6 Å². The van der Waals surface area contributed by atoms with E-state index in [9.17, 15) is 17.6 Å². The number of anilines is 1. The summed E-state index contributed by atoms with van der Waals surface area (Å²) >= 11 is 0. The number of hydrogen-bond acceptors (Lipinski definition) is 2. The van der Waals surface area contributed by atoms with Crippen molar-refractivity contribution in [2.75, 3.05) is 19.0 Å². The fourth-order valence-electron chi connectivity index (χ4n) is 1.59. The van der Waals surface area contributed by atoms with E-state index in [0.29, 0.717) is 0 Å². The van der Waals surface area contributed by atoms with E-state index >= 15 is 0 Å². The zero-order chi connectivity index (χ0) is 14.6. The molecule has 1 unspecified atom stereocenters. The van der Waals surface area contributed by atoms with Crippen molar-refractivity contribution < 1.29 is 22.3 Å². The van der Waals surface area contributed by atoms with Gasteiger partial charge in [-0.1, -0.05) is 13.8 Å². The van der Waals surface area contributed by atoms with Gasteiger partial charge in [-0.3, -0.25) is 0 Å². The second kappa shape index (κ2) is 6.23. The molecule has 1 atom stereocenters. The van der Waals surface area contributed by atoms with Gasteiger partial charge in [-0.25, -0.2) is 4.39 Å². The highest BCUT2D eigenvalue weighted by molar-refractivity contribution is 5.49. The summed E-state index contributed by atoms with van der Waals surface area (Å²) in [6.45, 7) is 4.04. The molecule has 0 radical (unpaired) electrons. The lowest BCUT2D eigenvalue weighted by molar-refractivity contribution is -0.137. The lowest BCUT2D eigenvalue weighted by Gasteiger charge is -2.23. The first-order chi connectivity index (χ1) is 8.75. The minimum atomic E-state index is -4.49. The second-order valence-corrected chi connectivity index (χ2v) is 4.64. The van der Waals surface area contributed by atoms with Crippen molar-refractivity contribution >= 4 is 5.69 Å². The van der Waals surface area contributed by atoms with Gasteiger partial charge in [0.25, 0.3) is 0 Å². The molecule has 0 saturated heterocycles.